The lowest BCUT2D eigenvalue weighted by molar-refractivity contribution is -0.145. The Morgan fingerprint density at radius 3 is 2.60 bits per heavy atom. The highest BCUT2D eigenvalue weighted by atomic mass is 79.9. The largest absolute Gasteiger partial charge is 0.481 e. The van der Waals surface area contributed by atoms with Gasteiger partial charge >= 0.3 is 5.97 Å². The Morgan fingerprint density at radius 1 is 1.30 bits per heavy atom. The van der Waals surface area contributed by atoms with Crippen LogP contribution in [-0.2, 0) is 16.0 Å². The summed E-state index contributed by atoms with van der Waals surface area (Å²) in [6.45, 7) is 1.13. The first kappa shape index (κ1) is 15.0. The predicted molar refractivity (Wildman–Crippen MR) is 79.4 cm³/mol. The summed E-state index contributed by atoms with van der Waals surface area (Å²) >= 11 is 3.41. The van der Waals surface area contributed by atoms with Crippen LogP contribution in [-0.4, -0.2) is 35.0 Å². The highest BCUT2D eigenvalue weighted by Gasteiger charge is 2.26. The van der Waals surface area contributed by atoms with Crippen LogP contribution in [0.5, 0.6) is 0 Å². The van der Waals surface area contributed by atoms with E-state index in [9.17, 15) is 9.59 Å². The summed E-state index contributed by atoms with van der Waals surface area (Å²) in [5.41, 5.74) is 1.13. The lowest BCUT2D eigenvalue weighted by Crippen LogP contribution is -2.40. The van der Waals surface area contributed by atoms with E-state index in [4.69, 9.17) is 5.11 Å². The lowest BCUT2D eigenvalue weighted by atomic mass is 9.96. The molecule has 20 heavy (non-hydrogen) atoms. The number of rotatable bonds is 4. The first-order valence-electron chi connectivity index (χ1n) is 6.81. The molecular formula is C15H18BrNO3. The van der Waals surface area contributed by atoms with Gasteiger partial charge in [-0.2, -0.15) is 0 Å². The van der Waals surface area contributed by atoms with Crippen LogP contribution in [0.25, 0.3) is 0 Å². The van der Waals surface area contributed by atoms with Crippen molar-refractivity contribution >= 4 is 27.8 Å². The number of hydrogen-bond acceptors (Lipinski definition) is 2. The topological polar surface area (TPSA) is 57.6 Å². The number of carbonyl (C=O) groups excluding carboxylic acids is 1. The summed E-state index contributed by atoms with van der Waals surface area (Å²) < 4.78 is 1.02. The number of hydrogen-bond donors (Lipinski definition) is 1. The second-order valence-electron chi connectivity index (χ2n) is 5.12. The van der Waals surface area contributed by atoms with Crippen molar-refractivity contribution < 1.29 is 14.7 Å². The summed E-state index contributed by atoms with van der Waals surface area (Å²) in [4.78, 5) is 24.8. The van der Waals surface area contributed by atoms with Crippen molar-refractivity contribution in [3.05, 3.63) is 34.3 Å². The molecule has 1 aromatic rings. The van der Waals surface area contributed by atoms with E-state index >= 15 is 0 Å². The van der Waals surface area contributed by atoms with Gasteiger partial charge in [-0.15, -0.1) is 0 Å². The maximum absolute atomic E-state index is 12.1. The van der Waals surface area contributed by atoms with Crippen molar-refractivity contribution in [2.45, 2.75) is 25.7 Å². The van der Waals surface area contributed by atoms with E-state index in [-0.39, 0.29) is 11.8 Å². The number of likely N-dealkylation sites (tertiary alicyclic amines) is 1. The molecule has 1 N–H and O–H groups in total. The third kappa shape index (κ3) is 4.07. The van der Waals surface area contributed by atoms with E-state index in [1.54, 1.807) is 4.90 Å². The molecule has 0 atom stereocenters. The predicted octanol–water partition coefficient (Wildman–Crippen LogP) is 2.70. The van der Waals surface area contributed by atoms with Crippen LogP contribution in [0.2, 0.25) is 0 Å². The maximum atomic E-state index is 12.1. The number of halogens is 1. The van der Waals surface area contributed by atoms with E-state index in [1.807, 2.05) is 24.3 Å². The Kier molecular flexibility index (Phi) is 5.17. The summed E-state index contributed by atoms with van der Waals surface area (Å²) in [7, 11) is 0. The zero-order chi connectivity index (χ0) is 14.5. The van der Waals surface area contributed by atoms with E-state index < -0.39 is 5.97 Å². The number of aryl methyl sites for hydroxylation is 1. The molecule has 1 aliphatic heterocycles. The van der Waals surface area contributed by atoms with Crippen molar-refractivity contribution in [2.75, 3.05) is 13.1 Å². The number of amides is 1. The molecule has 1 aliphatic rings. The molecular weight excluding hydrogens is 322 g/mol. The van der Waals surface area contributed by atoms with E-state index in [0.717, 1.165) is 16.5 Å². The normalized spacial score (nSPS) is 16.1. The molecule has 1 heterocycles. The van der Waals surface area contributed by atoms with Gasteiger partial charge in [-0.05, 0) is 37.0 Å². The number of carboxylic acids is 1. The smallest absolute Gasteiger partial charge is 0.306 e. The van der Waals surface area contributed by atoms with Gasteiger partial charge in [-0.25, -0.2) is 0 Å². The third-order valence-corrected chi connectivity index (χ3v) is 4.21. The molecule has 1 saturated heterocycles. The standard InChI is InChI=1S/C15H18BrNO3/c16-13-3-1-2-11(10-13)4-5-14(18)17-8-6-12(7-9-17)15(19)20/h1-3,10,12H,4-9H2,(H,19,20). The molecule has 0 unspecified atom stereocenters. The summed E-state index contributed by atoms with van der Waals surface area (Å²) in [6, 6.07) is 7.95. The first-order valence-corrected chi connectivity index (χ1v) is 7.60. The number of aliphatic carboxylic acids is 1. The number of benzene rings is 1. The average Bonchev–Trinajstić information content (AvgIpc) is 2.45. The number of carbonyl (C=O) groups is 2. The fraction of sp³-hybridized carbons (Fsp3) is 0.467. The molecule has 0 aliphatic carbocycles. The average molecular weight is 340 g/mol. The van der Waals surface area contributed by atoms with Gasteiger partial charge in [0.05, 0.1) is 5.92 Å². The Balaban J connectivity index is 1.80. The molecule has 1 amide bonds. The van der Waals surface area contributed by atoms with Crippen molar-refractivity contribution in [2.24, 2.45) is 5.92 Å². The fourth-order valence-electron chi connectivity index (χ4n) is 2.48. The number of nitrogens with zero attached hydrogens (tertiary/aromatic N) is 1. The zero-order valence-corrected chi connectivity index (χ0v) is 12.8. The lowest BCUT2D eigenvalue weighted by Gasteiger charge is -2.30. The van der Waals surface area contributed by atoms with Crippen LogP contribution in [0.3, 0.4) is 0 Å². The highest BCUT2D eigenvalue weighted by molar-refractivity contribution is 9.10. The van der Waals surface area contributed by atoms with Crippen molar-refractivity contribution in [3.63, 3.8) is 0 Å². The van der Waals surface area contributed by atoms with Gasteiger partial charge in [-0.3, -0.25) is 9.59 Å². The second-order valence-corrected chi connectivity index (χ2v) is 6.04. The van der Waals surface area contributed by atoms with Crippen LogP contribution in [0, 0.1) is 5.92 Å². The van der Waals surface area contributed by atoms with E-state index in [2.05, 4.69) is 15.9 Å². The molecule has 0 radical (unpaired) electrons. The van der Waals surface area contributed by atoms with E-state index in [0.29, 0.717) is 32.4 Å². The highest BCUT2D eigenvalue weighted by Crippen LogP contribution is 2.19. The minimum atomic E-state index is -0.744. The van der Waals surface area contributed by atoms with Crippen LogP contribution in [0.15, 0.2) is 28.7 Å². The molecule has 1 aromatic carbocycles. The van der Waals surface area contributed by atoms with Gasteiger partial charge in [0.15, 0.2) is 0 Å². The molecule has 1 fully saturated rings. The van der Waals surface area contributed by atoms with Gasteiger partial charge < -0.3 is 10.0 Å². The minimum Gasteiger partial charge on any atom is -0.481 e. The molecule has 0 spiro atoms. The Morgan fingerprint density at radius 2 is 2.00 bits per heavy atom. The van der Waals surface area contributed by atoms with Crippen LogP contribution in [0.1, 0.15) is 24.8 Å². The van der Waals surface area contributed by atoms with Gasteiger partial charge in [-0.1, -0.05) is 28.1 Å². The van der Waals surface area contributed by atoms with Crippen LogP contribution in [0.4, 0.5) is 0 Å². The molecule has 0 saturated carbocycles. The molecule has 108 valence electrons. The monoisotopic (exact) mass is 339 g/mol. The first-order chi connectivity index (χ1) is 9.56. The summed E-state index contributed by atoms with van der Waals surface area (Å²) in [6.07, 6.45) is 2.33. The summed E-state index contributed by atoms with van der Waals surface area (Å²) in [5, 5.41) is 8.93. The Labute approximate surface area is 126 Å². The van der Waals surface area contributed by atoms with Crippen molar-refractivity contribution in [3.8, 4) is 0 Å². The SMILES string of the molecule is O=C(O)C1CCN(C(=O)CCc2cccc(Br)c2)CC1. The van der Waals surface area contributed by atoms with Crippen LogP contribution < -0.4 is 0 Å². The quantitative estimate of drug-likeness (QED) is 0.917. The Bertz CT molecular complexity index is 496. The summed E-state index contributed by atoms with van der Waals surface area (Å²) in [5.74, 6) is -0.913. The maximum Gasteiger partial charge on any atom is 0.306 e. The minimum absolute atomic E-state index is 0.119. The Hall–Kier alpha value is -1.36. The van der Waals surface area contributed by atoms with Crippen molar-refractivity contribution in [1.29, 1.82) is 0 Å². The number of piperidine rings is 1. The van der Waals surface area contributed by atoms with Crippen molar-refractivity contribution in [1.82, 2.24) is 4.90 Å². The van der Waals surface area contributed by atoms with Crippen LogP contribution >= 0.6 is 15.9 Å². The molecule has 5 heteroatoms. The van der Waals surface area contributed by atoms with Gasteiger partial charge in [0.2, 0.25) is 5.91 Å². The second kappa shape index (κ2) is 6.88. The molecule has 4 nitrogen and oxygen atoms in total. The number of carboxylic acid groups (broad SMARTS) is 1. The van der Waals surface area contributed by atoms with Gasteiger partial charge in [0.25, 0.3) is 0 Å². The fourth-order valence-corrected chi connectivity index (χ4v) is 2.92. The third-order valence-electron chi connectivity index (χ3n) is 3.71. The molecule has 0 bridgehead atoms. The molecule has 0 aromatic heterocycles. The van der Waals surface area contributed by atoms with Gasteiger partial charge in [0.1, 0.15) is 0 Å². The zero-order valence-electron chi connectivity index (χ0n) is 11.2. The molecule has 2 rings (SSSR count). The van der Waals surface area contributed by atoms with Gasteiger partial charge in [0, 0.05) is 24.0 Å². The van der Waals surface area contributed by atoms with E-state index in [1.165, 1.54) is 0 Å².